The van der Waals surface area contributed by atoms with E-state index in [9.17, 15) is 13.2 Å². The highest BCUT2D eigenvalue weighted by molar-refractivity contribution is 7.89. The van der Waals surface area contributed by atoms with Crippen molar-refractivity contribution in [2.45, 2.75) is 5.75 Å². The van der Waals surface area contributed by atoms with Gasteiger partial charge in [0.05, 0.1) is 5.75 Å². The minimum absolute atomic E-state index is 0.00600. The summed E-state index contributed by atoms with van der Waals surface area (Å²) in [7, 11) is -3.10. The van der Waals surface area contributed by atoms with E-state index in [2.05, 4.69) is 4.98 Å². The summed E-state index contributed by atoms with van der Waals surface area (Å²) in [6.07, 6.45) is 1.17. The summed E-state index contributed by atoms with van der Waals surface area (Å²) in [5, 5.41) is 10.8. The summed E-state index contributed by atoms with van der Waals surface area (Å²) in [4.78, 5) is 14.8. The van der Waals surface area contributed by atoms with Crippen LogP contribution in [0.5, 0.6) is 0 Å². The van der Waals surface area contributed by atoms with E-state index in [1.165, 1.54) is 23.0 Å². The van der Waals surface area contributed by atoms with Crippen molar-refractivity contribution in [2.24, 2.45) is 0 Å². The van der Waals surface area contributed by atoms with Gasteiger partial charge in [0.25, 0.3) is 0 Å². The van der Waals surface area contributed by atoms with Crippen molar-refractivity contribution in [3.05, 3.63) is 40.9 Å². The third-order valence-electron chi connectivity index (χ3n) is 2.33. The Hall–Kier alpha value is -1.73. The van der Waals surface area contributed by atoms with Gasteiger partial charge in [-0.2, -0.15) is 0 Å². The number of sulfone groups is 1. The minimum Gasteiger partial charge on any atom is -0.476 e. The topological polar surface area (TPSA) is 84.3 Å². The minimum atomic E-state index is -3.10. The molecule has 0 amide bonds. The lowest BCUT2D eigenvalue weighted by Gasteiger charge is -2.02. The summed E-state index contributed by atoms with van der Waals surface area (Å²) in [5.74, 6) is -1.12. The van der Waals surface area contributed by atoms with Gasteiger partial charge in [0.15, 0.2) is 15.5 Å². The van der Waals surface area contributed by atoms with Gasteiger partial charge in [-0.15, -0.1) is 11.3 Å². The summed E-state index contributed by atoms with van der Waals surface area (Å²) in [6.45, 7) is 0. The Labute approximate surface area is 114 Å². The van der Waals surface area contributed by atoms with Gasteiger partial charge in [0.2, 0.25) is 0 Å². The summed E-state index contributed by atoms with van der Waals surface area (Å²) in [6, 6.07) is 6.94. The first-order chi connectivity index (χ1) is 8.85. The van der Waals surface area contributed by atoms with E-state index in [1.807, 2.05) is 0 Å². The highest BCUT2D eigenvalue weighted by Gasteiger charge is 2.11. The van der Waals surface area contributed by atoms with Gasteiger partial charge in [-0.1, -0.05) is 18.2 Å². The van der Waals surface area contributed by atoms with E-state index < -0.39 is 15.8 Å². The van der Waals surface area contributed by atoms with E-state index in [1.54, 1.807) is 24.3 Å². The summed E-state index contributed by atoms with van der Waals surface area (Å²) >= 11 is 1.22. The molecule has 0 atom stereocenters. The lowest BCUT2D eigenvalue weighted by Crippen LogP contribution is -2.00. The molecule has 0 unspecified atom stereocenters. The second-order valence-electron chi connectivity index (χ2n) is 4.11. The molecule has 2 rings (SSSR count). The molecule has 0 radical (unpaired) electrons. The summed E-state index contributed by atoms with van der Waals surface area (Å²) in [5.41, 5.74) is 1.37. The number of carboxylic acid groups (broad SMARTS) is 1. The van der Waals surface area contributed by atoms with Crippen LogP contribution in [0.2, 0.25) is 0 Å². The quantitative estimate of drug-likeness (QED) is 0.933. The van der Waals surface area contributed by atoms with Gasteiger partial charge in [-0.25, -0.2) is 18.2 Å². The first kappa shape index (κ1) is 13.7. The SMILES string of the molecule is CS(=O)(=O)Cc1cccc(-c2nc(C(=O)O)cs2)c1. The molecule has 0 aliphatic rings. The Morgan fingerprint density at radius 1 is 1.42 bits per heavy atom. The van der Waals surface area contributed by atoms with Crippen LogP contribution in [-0.4, -0.2) is 30.7 Å². The van der Waals surface area contributed by atoms with Crippen LogP contribution in [0.3, 0.4) is 0 Å². The normalized spacial score (nSPS) is 11.4. The standard InChI is InChI=1S/C12H11NO4S2/c1-19(16,17)7-8-3-2-4-9(5-8)11-13-10(6-18-11)12(14)15/h2-6H,7H2,1H3,(H,14,15). The molecule has 0 aliphatic heterocycles. The molecule has 0 saturated heterocycles. The largest absolute Gasteiger partial charge is 0.476 e. The number of nitrogens with zero attached hydrogens (tertiary/aromatic N) is 1. The molecule has 7 heteroatoms. The number of aromatic nitrogens is 1. The third-order valence-corrected chi connectivity index (χ3v) is 4.08. The Morgan fingerprint density at radius 3 is 2.74 bits per heavy atom. The van der Waals surface area contributed by atoms with E-state index in [4.69, 9.17) is 5.11 Å². The molecule has 0 spiro atoms. The Balaban J connectivity index is 2.34. The van der Waals surface area contributed by atoms with Gasteiger partial charge in [-0.05, 0) is 11.6 Å². The fourth-order valence-corrected chi connectivity index (χ4v) is 3.18. The smallest absolute Gasteiger partial charge is 0.355 e. The molecule has 0 aliphatic carbocycles. The number of aromatic carboxylic acids is 1. The van der Waals surface area contributed by atoms with Crippen LogP contribution >= 0.6 is 11.3 Å². The molecule has 19 heavy (non-hydrogen) atoms. The molecule has 0 bridgehead atoms. The lowest BCUT2D eigenvalue weighted by molar-refractivity contribution is 0.0691. The van der Waals surface area contributed by atoms with Gasteiger partial charge in [0.1, 0.15) is 5.01 Å². The van der Waals surface area contributed by atoms with Crippen molar-refractivity contribution >= 4 is 27.1 Å². The molecule has 2 aromatic rings. The number of thiazole rings is 1. The number of carboxylic acids is 1. The van der Waals surface area contributed by atoms with Crippen molar-refractivity contribution in [3.63, 3.8) is 0 Å². The number of rotatable bonds is 4. The van der Waals surface area contributed by atoms with Crippen molar-refractivity contribution in [1.82, 2.24) is 4.98 Å². The average molecular weight is 297 g/mol. The van der Waals surface area contributed by atoms with Crippen LogP contribution in [0.25, 0.3) is 10.6 Å². The number of hydrogen-bond donors (Lipinski definition) is 1. The molecular weight excluding hydrogens is 286 g/mol. The van der Waals surface area contributed by atoms with Crippen LogP contribution in [0.4, 0.5) is 0 Å². The zero-order valence-corrected chi connectivity index (χ0v) is 11.7. The van der Waals surface area contributed by atoms with E-state index in [0.29, 0.717) is 10.6 Å². The van der Waals surface area contributed by atoms with E-state index in [-0.39, 0.29) is 11.4 Å². The second-order valence-corrected chi connectivity index (χ2v) is 7.11. The van der Waals surface area contributed by atoms with Gasteiger partial charge >= 0.3 is 5.97 Å². The Bertz CT molecular complexity index is 719. The number of benzene rings is 1. The number of carbonyl (C=O) groups is 1. The first-order valence-electron chi connectivity index (χ1n) is 5.31. The monoisotopic (exact) mass is 297 g/mol. The molecule has 0 saturated carbocycles. The highest BCUT2D eigenvalue weighted by atomic mass is 32.2. The molecule has 1 N–H and O–H groups in total. The van der Waals surface area contributed by atoms with E-state index in [0.717, 1.165) is 5.56 Å². The zero-order valence-electron chi connectivity index (χ0n) is 10.0. The number of hydrogen-bond acceptors (Lipinski definition) is 5. The maximum atomic E-state index is 11.3. The Morgan fingerprint density at radius 2 is 2.16 bits per heavy atom. The van der Waals surface area contributed by atoms with Crippen molar-refractivity contribution in [3.8, 4) is 10.6 Å². The molecular formula is C12H11NO4S2. The zero-order chi connectivity index (χ0) is 14.0. The Kier molecular flexibility index (Phi) is 3.68. The fraction of sp³-hybridized carbons (Fsp3) is 0.167. The second kappa shape index (κ2) is 5.10. The lowest BCUT2D eigenvalue weighted by atomic mass is 10.1. The molecule has 1 heterocycles. The summed E-state index contributed by atoms with van der Waals surface area (Å²) < 4.78 is 22.5. The molecule has 100 valence electrons. The average Bonchev–Trinajstić information content (AvgIpc) is 2.76. The van der Waals surface area contributed by atoms with Crippen LogP contribution < -0.4 is 0 Å². The molecule has 5 nitrogen and oxygen atoms in total. The third kappa shape index (κ3) is 3.62. The van der Waals surface area contributed by atoms with E-state index >= 15 is 0 Å². The highest BCUT2D eigenvalue weighted by Crippen LogP contribution is 2.25. The maximum Gasteiger partial charge on any atom is 0.355 e. The van der Waals surface area contributed by atoms with Crippen LogP contribution in [0.1, 0.15) is 16.1 Å². The van der Waals surface area contributed by atoms with Gasteiger partial charge in [0, 0.05) is 17.2 Å². The van der Waals surface area contributed by atoms with Crippen molar-refractivity contribution in [2.75, 3.05) is 6.26 Å². The van der Waals surface area contributed by atoms with Gasteiger partial charge in [-0.3, -0.25) is 0 Å². The first-order valence-corrected chi connectivity index (χ1v) is 8.25. The predicted octanol–water partition coefficient (Wildman–Crippen LogP) is 2.05. The van der Waals surface area contributed by atoms with Crippen molar-refractivity contribution in [1.29, 1.82) is 0 Å². The predicted molar refractivity (Wildman–Crippen MR) is 73.1 cm³/mol. The maximum absolute atomic E-state index is 11.3. The van der Waals surface area contributed by atoms with Crippen LogP contribution in [0, 0.1) is 0 Å². The fourth-order valence-electron chi connectivity index (χ4n) is 1.60. The van der Waals surface area contributed by atoms with Crippen molar-refractivity contribution < 1.29 is 18.3 Å². The molecule has 0 fully saturated rings. The van der Waals surface area contributed by atoms with Crippen LogP contribution in [-0.2, 0) is 15.6 Å². The molecule has 1 aromatic heterocycles. The van der Waals surface area contributed by atoms with Gasteiger partial charge < -0.3 is 5.11 Å². The van der Waals surface area contributed by atoms with Crippen LogP contribution in [0.15, 0.2) is 29.6 Å². The molecule has 1 aromatic carbocycles.